The van der Waals surface area contributed by atoms with Crippen LogP contribution in [0.4, 0.5) is 0 Å². The normalized spacial score (nSPS) is 11.6. The zero-order valence-corrected chi connectivity index (χ0v) is 11.3. The molecule has 0 aliphatic heterocycles. The SMILES string of the molecule is Cc1ccc(C=COS(=O)(=O)c2ccccc2)cc1. The average molecular weight is 274 g/mol. The van der Waals surface area contributed by atoms with E-state index < -0.39 is 10.1 Å². The first-order valence-electron chi connectivity index (χ1n) is 5.79. The summed E-state index contributed by atoms with van der Waals surface area (Å²) in [6, 6.07) is 15.7. The summed E-state index contributed by atoms with van der Waals surface area (Å²) in [5.41, 5.74) is 2.03. The maximum atomic E-state index is 11.8. The molecule has 3 nitrogen and oxygen atoms in total. The van der Waals surface area contributed by atoms with Crippen LogP contribution in [0.3, 0.4) is 0 Å². The summed E-state index contributed by atoms with van der Waals surface area (Å²) in [5.74, 6) is 0. The van der Waals surface area contributed by atoms with Gasteiger partial charge in [-0.25, -0.2) is 0 Å². The van der Waals surface area contributed by atoms with Crippen LogP contribution >= 0.6 is 0 Å². The maximum Gasteiger partial charge on any atom is 0.338 e. The average Bonchev–Trinajstić information content (AvgIpc) is 2.42. The minimum atomic E-state index is -3.73. The fourth-order valence-corrected chi connectivity index (χ4v) is 2.30. The van der Waals surface area contributed by atoms with Crippen molar-refractivity contribution in [3.8, 4) is 0 Å². The van der Waals surface area contributed by atoms with Crippen LogP contribution in [-0.4, -0.2) is 8.42 Å². The van der Waals surface area contributed by atoms with Gasteiger partial charge in [-0.2, -0.15) is 8.42 Å². The topological polar surface area (TPSA) is 43.4 Å². The Kier molecular flexibility index (Phi) is 4.02. The Bertz CT molecular complexity index is 656. The third-order valence-corrected chi connectivity index (χ3v) is 3.77. The van der Waals surface area contributed by atoms with Crippen molar-refractivity contribution in [2.75, 3.05) is 0 Å². The lowest BCUT2D eigenvalue weighted by atomic mass is 10.1. The van der Waals surface area contributed by atoms with Crippen LogP contribution in [0.1, 0.15) is 11.1 Å². The third kappa shape index (κ3) is 3.69. The number of rotatable bonds is 4. The third-order valence-electron chi connectivity index (χ3n) is 2.55. The molecule has 0 saturated carbocycles. The standard InChI is InChI=1S/C15H14O3S/c1-13-7-9-14(10-8-13)11-12-18-19(16,17)15-5-3-2-4-6-15/h2-12H,1H3. The molecular weight excluding hydrogens is 260 g/mol. The van der Waals surface area contributed by atoms with Crippen molar-refractivity contribution in [1.29, 1.82) is 0 Å². The summed E-state index contributed by atoms with van der Waals surface area (Å²) < 4.78 is 28.4. The molecule has 0 aliphatic rings. The van der Waals surface area contributed by atoms with Crippen molar-refractivity contribution < 1.29 is 12.6 Å². The molecule has 98 valence electrons. The van der Waals surface area contributed by atoms with Gasteiger partial charge in [-0.15, -0.1) is 0 Å². The van der Waals surface area contributed by atoms with Gasteiger partial charge in [-0.1, -0.05) is 48.0 Å². The molecule has 0 fully saturated rings. The Morgan fingerprint density at radius 2 is 1.58 bits per heavy atom. The Morgan fingerprint density at radius 1 is 0.947 bits per heavy atom. The van der Waals surface area contributed by atoms with Crippen molar-refractivity contribution in [3.05, 3.63) is 72.0 Å². The van der Waals surface area contributed by atoms with Crippen molar-refractivity contribution in [3.63, 3.8) is 0 Å². The number of benzene rings is 2. The van der Waals surface area contributed by atoms with Crippen LogP contribution in [0.25, 0.3) is 6.08 Å². The van der Waals surface area contributed by atoms with Gasteiger partial charge in [0.2, 0.25) is 0 Å². The highest BCUT2D eigenvalue weighted by Gasteiger charge is 2.12. The van der Waals surface area contributed by atoms with Crippen LogP contribution < -0.4 is 0 Å². The monoisotopic (exact) mass is 274 g/mol. The molecule has 2 aromatic rings. The van der Waals surface area contributed by atoms with Gasteiger partial charge < -0.3 is 4.18 Å². The van der Waals surface area contributed by atoms with Crippen LogP contribution in [0.5, 0.6) is 0 Å². The van der Waals surface area contributed by atoms with E-state index in [9.17, 15) is 8.42 Å². The molecule has 4 heteroatoms. The summed E-state index contributed by atoms with van der Waals surface area (Å²) in [5, 5.41) is 0. The van der Waals surface area contributed by atoms with Gasteiger partial charge in [0.05, 0.1) is 0 Å². The van der Waals surface area contributed by atoms with E-state index in [1.807, 2.05) is 31.2 Å². The molecule has 19 heavy (non-hydrogen) atoms. The fraction of sp³-hybridized carbons (Fsp3) is 0.0667. The largest absolute Gasteiger partial charge is 0.387 e. The van der Waals surface area contributed by atoms with Crippen LogP contribution in [0.2, 0.25) is 0 Å². The van der Waals surface area contributed by atoms with E-state index >= 15 is 0 Å². The quantitative estimate of drug-likeness (QED) is 0.634. The Hall–Kier alpha value is -2.07. The molecular formula is C15H14O3S. The molecule has 0 bridgehead atoms. The first-order chi connectivity index (χ1) is 9.08. The number of aryl methyl sites for hydroxylation is 1. The predicted octanol–water partition coefficient (Wildman–Crippen LogP) is 3.37. The lowest BCUT2D eigenvalue weighted by Crippen LogP contribution is -2.01. The molecule has 0 aliphatic carbocycles. The van der Waals surface area contributed by atoms with Crippen molar-refractivity contribution >= 4 is 16.2 Å². The van der Waals surface area contributed by atoms with E-state index in [0.717, 1.165) is 11.1 Å². The second-order valence-corrected chi connectivity index (χ2v) is 5.65. The van der Waals surface area contributed by atoms with E-state index in [1.165, 1.54) is 18.4 Å². The number of hydrogen-bond acceptors (Lipinski definition) is 3. The Labute approximate surface area is 113 Å². The molecule has 0 radical (unpaired) electrons. The molecule has 0 heterocycles. The second kappa shape index (κ2) is 5.71. The summed E-state index contributed by atoms with van der Waals surface area (Å²) in [6.07, 6.45) is 2.80. The summed E-state index contributed by atoms with van der Waals surface area (Å²) >= 11 is 0. The van der Waals surface area contributed by atoms with Crippen LogP contribution in [0, 0.1) is 6.92 Å². The predicted molar refractivity (Wildman–Crippen MR) is 74.9 cm³/mol. The zero-order chi connectivity index (χ0) is 13.7. The van der Waals surface area contributed by atoms with E-state index in [1.54, 1.807) is 24.3 Å². The molecule has 0 spiro atoms. The molecule has 0 amide bonds. The second-order valence-electron chi connectivity index (χ2n) is 4.08. The molecule has 0 atom stereocenters. The van der Waals surface area contributed by atoms with Crippen LogP contribution in [0.15, 0.2) is 65.8 Å². The zero-order valence-electron chi connectivity index (χ0n) is 10.5. The van der Waals surface area contributed by atoms with Gasteiger partial charge in [0, 0.05) is 0 Å². The Morgan fingerprint density at radius 3 is 2.21 bits per heavy atom. The van der Waals surface area contributed by atoms with Gasteiger partial charge in [0.1, 0.15) is 11.2 Å². The van der Waals surface area contributed by atoms with E-state index in [4.69, 9.17) is 4.18 Å². The molecule has 2 aromatic carbocycles. The minimum Gasteiger partial charge on any atom is -0.387 e. The highest BCUT2D eigenvalue weighted by atomic mass is 32.2. The molecule has 0 saturated heterocycles. The van der Waals surface area contributed by atoms with Crippen LogP contribution in [-0.2, 0) is 14.3 Å². The van der Waals surface area contributed by atoms with Gasteiger partial charge in [0.25, 0.3) is 0 Å². The van der Waals surface area contributed by atoms with E-state index in [2.05, 4.69) is 0 Å². The van der Waals surface area contributed by atoms with E-state index in [0.29, 0.717) is 0 Å². The summed E-state index contributed by atoms with van der Waals surface area (Å²) in [4.78, 5) is 0.142. The van der Waals surface area contributed by atoms with Gasteiger partial charge in [-0.3, -0.25) is 0 Å². The van der Waals surface area contributed by atoms with Crippen molar-refractivity contribution in [2.24, 2.45) is 0 Å². The molecule has 0 unspecified atom stereocenters. The van der Waals surface area contributed by atoms with Gasteiger partial charge in [0.15, 0.2) is 0 Å². The summed E-state index contributed by atoms with van der Waals surface area (Å²) in [6.45, 7) is 1.99. The molecule has 0 N–H and O–H groups in total. The molecule has 2 rings (SSSR count). The first-order valence-corrected chi connectivity index (χ1v) is 7.20. The lowest BCUT2D eigenvalue weighted by molar-refractivity contribution is 0.446. The highest BCUT2D eigenvalue weighted by Crippen LogP contribution is 2.12. The van der Waals surface area contributed by atoms with Gasteiger partial charge >= 0.3 is 10.1 Å². The fourth-order valence-electron chi connectivity index (χ4n) is 1.50. The maximum absolute atomic E-state index is 11.8. The Balaban J connectivity index is 2.08. The highest BCUT2D eigenvalue weighted by molar-refractivity contribution is 7.86. The summed E-state index contributed by atoms with van der Waals surface area (Å²) in [7, 11) is -3.73. The van der Waals surface area contributed by atoms with E-state index in [-0.39, 0.29) is 4.90 Å². The number of hydrogen-bond donors (Lipinski definition) is 0. The molecule has 0 aromatic heterocycles. The van der Waals surface area contributed by atoms with Gasteiger partial charge in [-0.05, 0) is 30.7 Å². The first kappa shape index (κ1) is 13.4. The smallest absolute Gasteiger partial charge is 0.338 e. The van der Waals surface area contributed by atoms with Crippen molar-refractivity contribution in [1.82, 2.24) is 0 Å². The minimum absolute atomic E-state index is 0.142. The lowest BCUT2D eigenvalue weighted by Gasteiger charge is -2.02. The van der Waals surface area contributed by atoms with Crippen molar-refractivity contribution in [2.45, 2.75) is 11.8 Å².